The van der Waals surface area contributed by atoms with Crippen molar-refractivity contribution in [3.8, 4) is 0 Å². The molecule has 2 rings (SSSR count). The van der Waals surface area contributed by atoms with Crippen molar-refractivity contribution in [3.63, 3.8) is 0 Å². The molecule has 0 bridgehead atoms. The summed E-state index contributed by atoms with van der Waals surface area (Å²) in [4.78, 5) is 27.8. The number of esters is 1. The van der Waals surface area contributed by atoms with Crippen LogP contribution in [0.5, 0.6) is 0 Å². The van der Waals surface area contributed by atoms with Crippen LogP contribution in [0.2, 0.25) is 15.1 Å². The number of carbonyl (C=O) groups is 2. The zero-order valence-electron chi connectivity index (χ0n) is 12.6. The monoisotopic (exact) mass is 440 g/mol. The standard InChI is InChI=1S/C15H9Cl3F2N2O3S/c16-9-5-21-13(12(18)11(9)17)14(24)25-6-10(23)22-7-1-3-8(4-2-7)26-15(19)20/h1-5,15H,6H2,(H,22,23). The van der Waals surface area contributed by atoms with Crippen molar-refractivity contribution in [2.45, 2.75) is 10.7 Å². The Hall–Kier alpha value is -1.61. The molecule has 26 heavy (non-hydrogen) atoms. The molecule has 1 aromatic heterocycles. The predicted molar refractivity (Wildman–Crippen MR) is 96.5 cm³/mol. The van der Waals surface area contributed by atoms with E-state index < -0.39 is 24.2 Å². The highest BCUT2D eigenvalue weighted by atomic mass is 35.5. The second-order valence-corrected chi connectivity index (χ2v) is 6.84. The van der Waals surface area contributed by atoms with E-state index in [0.717, 1.165) is 6.20 Å². The topological polar surface area (TPSA) is 68.3 Å². The van der Waals surface area contributed by atoms with E-state index in [-0.39, 0.29) is 20.8 Å². The molecule has 5 nitrogen and oxygen atoms in total. The molecular weight excluding hydrogens is 433 g/mol. The van der Waals surface area contributed by atoms with Crippen LogP contribution in [0, 0.1) is 0 Å². The number of alkyl halides is 2. The number of nitrogens with one attached hydrogen (secondary N) is 1. The molecule has 0 atom stereocenters. The number of aromatic nitrogens is 1. The molecule has 0 spiro atoms. The molecule has 2 aromatic rings. The highest BCUT2D eigenvalue weighted by Gasteiger charge is 2.19. The quantitative estimate of drug-likeness (QED) is 0.496. The van der Waals surface area contributed by atoms with Gasteiger partial charge in [0.25, 0.3) is 11.7 Å². The molecule has 1 N–H and O–H groups in total. The van der Waals surface area contributed by atoms with Crippen LogP contribution in [0.1, 0.15) is 10.5 Å². The first-order valence-electron chi connectivity index (χ1n) is 6.79. The number of carbonyl (C=O) groups excluding carboxylic acids is 2. The number of pyridine rings is 1. The Morgan fingerprint density at radius 2 is 1.81 bits per heavy atom. The Balaban J connectivity index is 1.90. The van der Waals surface area contributed by atoms with Crippen molar-refractivity contribution >= 4 is 64.1 Å². The van der Waals surface area contributed by atoms with E-state index in [4.69, 9.17) is 39.5 Å². The Bertz CT molecular complexity index is 823. The first-order chi connectivity index (χ1) is 12.3. The summed E-state index contributed by atoms with van der Waals surface area (Å²) in [5.41, 5.74) is 0.0811. The average Bonchev–Trinajstić information content (AvgIpc) is 2.59. The molecule has 1 amide bonds. The molecule has 11 heteroatoms. The van der Waals surface area contributed by atoms with Crippen molar-refractivity contribution in [3.05, 3.63) is 51.2 Å². The lowest BCUT2D eigenvalue weighted by Gasteiger charge is -2.08. The van der Waals surface area contributed by atoms with E-state index in [2.05, 4.69) is 10.3 Å². The molecule has 0 fully saturated rings. The molecule has 0 unspecified atom stereocenters. The molecule has 0 aliphatic heterocycles. The van der Waals surface area contributed by atoms with E-state index in [1.54, 1.807) is 0 Å². The number of benzene rings is 1. The van der Waals surface area contributed by atoms with Crippen LogP contribution in [0.4, 0.5) is 14.5 Å². The minimum absolute atomic E-state index is 0.0542. The Labute approximate surface area is 166 Å². The summed E-state index contributed by atoms with van der Waals surface area (Å²) in [5.74, 6) is -4.12. The first-order valence-corrected chi connectivity index (χ1v) is 8.80. The van der Waals surface area contributed by atoms with Gasteiger partial charge >= 0.3 is 5.97 Å². The summed E-state index contributed by atoms with van der Waals surface area (Å²) in [6.07, 6.45) is 1.13. The molecule has 0 radical (unpaired) electrons. The summed E-state index contributed by atoms with van der Waals surface area (Å²) in [7, 11) is 0. The summed E-state index contributed by atoms with van der Waals surface area (Å²) in [6, 6.07) is 5.75. The number of thioether (sulfide) groups is 1. The van der Waals surface area contributed by atoms with Gasteiger partial charge in [-0.2, -0.15) is 8.78 Å². The first kappa shape index (κ1) is 20.7. The highest BCUT2D eigenvalue weighted by Crippen LogP contribution is 2.31. The van der Waals surface area contributed by atoms with Gasteiger partial charge in [-0.1, -0.05) is 46.6 Å². The van der Waals surface area contributed by atoms with Gasteiger partial charge in [0, 0.05) is 16.8 Å². The molecule has 138 valence electrons. The maximum absolute atomic E-state index is 12.2. The largest absolute Gasteiger partial charge is 0.451 e. The maximum Gasteiger partial charge on any atom is 0.359 e. The van der Waals surface area contributed by atoms with Gasteiger partial charge in [-0.25, -0.2) is 9.78 Å². The van der Waals surface area contributed by atoms with E-state index in [0.29, 0.717) is 22.3 Å². The van der Waals surface area contributed by atoms with Gasteiger partial charge < -0.3 is 10.1 Å². The highest BCUT2D eigenvalue weighted by molar-refractivity contribution is 7.99. The summed E-state index contributed by atoms with van der Waals surface area (Å²) in [5, 5.41) is 2.28. The van der Waals surface area contributed by atoms with Crippen LogP contribution < -0.4 is 5.32 Å². The van der Waals surface area contributed by atoms with E-state index in [9.17, 15) is 18.4 Å². The van der Waals surface area contributed by atoms with Crippen LogP contribution in [-0.2, 0) is 9.53 Å². The molecule has 0 saturated carbocycles. The minimum Gasteiger partial charge on any atom is -0.451 e. The number of anilines is 1. The number of nitrogens with zero attached hydrogens (tertiary/aromatic N) is 1. The van der Waals surface area contributed by atoms with Crippen molar-refractivity contribution < 1.29 is 23.1 Å². The van der Waals surface area contributed by atoms with Crippen molar-refractivity contribution in [2.24, 2.45) is 0 Å². The number of amides is 1. The lowest BCUT2D eigenvalue weighted by molar-refractivity contribution is -0.119. The Morgan fingerprint density at radius 1 is 1.15 bits per heavy atom. The van der Waals surface area contributed by atoms with Gasteiger partial charge in [0.1, 0.15) is 0 Å². The second kappa shape index (κ2) is 9.36. The summed E-state index contributed by atoms with van der Waals surface area (Å²) in [6.45, 7) is -0.607. The third kappa shape index (κ3) is 5.70. The SMILES string of the molecule is O=C(COC(=O)c1ncc(Cl)c(Cl)c1Cl)Nc1ccc(SC(F)F)cc1. The molecule has 1 aromatic carbocycles. The third-order valence-corrected chi connectivity index (χ3v) is 4.77. The number of ether oxygens (including phenoxy) is 1. The number of hydrogen-bond acceptors (Lipinski definition) is 5. The molecule has 0 aliphatic carbocycles. The summed E-state index contributed by atoms with van der Waals surface area (Å²) < 4.78 is 29.3. The zero-order valence-corrected chi connectivity index (χ0v) is 15.7. The fourth-order valence-electron chi connectivity index (χ4n) is 1.70. The lowest BCUT2D eigenvalue weighted by Crippen LogP contribution is -2.21. The summed E-state index contributed by atoms with van der Waals surface area (Å²) >= 11 is 17.8. The van der Waals surface area contributed by atoms with Crippen molar-refractivity contribution in [2.75, 3.05) is 11.9 Å². The Morgan fingerprint density at radius 3 is 2.42 bits per heavy atom. The smallest absolute Gasteiger partial charge is 0.359 e. The van der Waals surface area contributed by atoms with Gasteiger partial charge in [-0.3, -0.25) is 4.79 Å². The normalized spacial score (nSPS) is 10.7. The van der Waals surface area contributed by atoms with Crippen LogP contribution in [0.25, 0.3) is 0 Å². The minimum atomic E-state index is -2.53. The van der Waals surface area contributed by atoms with Gasteiger partial charge in [0.15, 0.2) is 12.3 Å². The zero-order chi connectivity index (χ0) is 19.3. The predicted octanol–water partition coefficient (Wildman–Crippen LogP) is 5.15. The van der Waals surface area contributed by atoms with E-state index >= 15 is 0 Å². The maximum atomic E-state index is 12.2. The van der Waals surface area contributed by atoms with Crippen LogP contribution in [0.3, 0.4) is 0 Å². The van der Waals surface area contributed by atoms with Crippen LogP contribution in [-0.4, -0.2) is 29.2 Å². The van der Waals surface area contributed by atoms with Crippen LogP contribution >= 0.6 is 46.6 Å². The lowest BCUT2D eigenvalue weighted by atomic mass is 10.3. The molecule has 0 saturated heterocycles. The van der Waals surface area contributed by atoms with Crippen molar-refractivity contribution in [1.82, 2.24) is 4.98 Å². The molecule has 0 aliphatic rings. The number of hydrogen-bond donors (Lipinski definition) is 1. The van der Waals surface area contributed by atoms with Crippen LogP contribution in [0.15, 0.2) is 35.4 Å². The fraction of sp³-hybridized carbons (Fsp3) is 0.133. The number of halogens is 5. The van der Waals surface area contributed by atoms with E-state index in [1.807, 2.05) is 0 Å². The van der Waals surface area contributed by atoms with E-state index in [1.165, 1.54) is 24.3 Å². The molecule has 1 heterocycles. The third-order valence-electron chi connectivity index (χ3n) is 2.81. The Kier molecular flexibility index (Phi) is 7.45. The second-order valence-electron chi connectivity index (χ2n) is 4.61. The molecular formula is C15H9Cl3F2N2O3S. The fourth-order valence-corrected chi connectivity index (χ4v) is 2.76. The van der Waals surface area contributed by atoms with Crippen molar-refractivity contribution in [1.29, 1.82) is 0 Å². The van der Waals surface area contributed by atoms with Gasteiger partial charge in [0.05, 0.1) is 15.1 Å². The van der Waals surface area contributed by atoms with Gasteiger partial charge in [0.2, 0.25) is 0 Å². The van der Waals surface area contributed by atoms with Gasteiger partial charge in [-0.05, 0) is 24.3 Å². The average molecular weight is 442 g/mol. The number of rotatable bonds is 6. The van der Waals surface area contributed by atoms with Gasteiger partial charge in [-0.15, -0.1) is 0 Å².